The Hall–Kier alpha value is -2.83. The van der Waals surface area contributed by atoms with Crippen molar-refractivity contribution in [2.45, 2.75) is 32.2 Å². The quantitative estimate of drug-likeness (QED) is 0.845. The van der Waals surface area contributed by atoms with E-state index in [-0.39, 0.29) is 17.9 Å². The number of hydrogen-bond donors (Lipinski definition) is 0. The molecule has 3 rings (SSSR count). The Labute approximate surface area is 153 Å². The van der Waals surface area contributed by atoms with Crippen LogP contribution < -0.4 is 0 Å². The number of aromatic nitrogens is 3. The molecule has 1 aliphatic heterocycles. The first-order valence-electron chi connectivity index (χ1n) is 8.75. The molecule has 1 unspecified atom stereocenters. The van der Waals surface area contributed by atoms with Gasteiger partial charge < -0.3 is 9.80 Å². The number of aryl methyl sites for hydroxylation is 1. The second-order valence-corrected chi connectivity index (χ2v) is 6.68. The Morgan fingerprint density at radius 1 is 1.23 bits per heavy atom. The van der Waals surface area contributed by atoms with E-state index in [1.54, 1.807) is 51.7 Å². The van der Waals surface area contributed by atoms with E-state index in [0.29, 0.717) is 29.2 Å². The zero-order chi connectivity index (χ0) is 18.7. The minimum absolute atomic E-state index is 0.0579. The van der Waals surface area contributed by atoms with E-state index in [9.17, 15) is 9.59 Å². The minimum Gasteiger partial charge on any atom is -0.345 e. The molecule has 136 valence electrons. The third-order valence-corrected chi connectivity index (χ3v) is 4.60. The molecule has 3 heterocycles. The first kappa shape index (κ1) is 18.0. The Morgan fingerprint density at radius 3 is 2.69 bits per heavy atom. The molecule has 1 fully saturated rings. The van der Waals surface area contributed by atoms with Gasteiger partial charge in [0, 0.05) is 39.2 Å². The third-order valence-electron chi connectivity index (χ3n) is 4.60. The number of amides is 2. The van der Waals surface area contributed by atoms with Crippen molar-refractivity contribution in [1.29, 1.82) is 0 Å². The summed E-state index contributed by atoms with van der Waals surface area (Å²) in [5.41, 5.74) is 1.68. The lowest BCUT2D eigenvalue weighted by molar-refractivity contribution is 0.0598. The number of rotatable bonds is 3. The van der Waals surface area contributed by atoms with Gasteiger partial charge in [0.25, 0.3) is 11.8 Å². The van der Waals surface area contributed by atoms with Gasteiger partial charge in [0.15, 0.2) is 5.82 Å². The van der Waals surface area contributed by atoms with E-state index in [1.807, 2.05) is 4.90 Å². The van der Waals surface area contributed by atoms with Crippen LogP contribution in [0.2, 0.25) is 0 Å². The number of piperidine rings is 1. The van der Waals surface area contributed by atoms with E-state index in [0.717, 1.165) is 19.3 Å². The van der Waals surface area contributed by atoms with Crippen LogP contribution in [-0.2, 0) is 0 Å². The summed E-state index contributed by atoms with van der Waals surface area (Å²) >= 11 is 0. The highest BCUT2D eigenvalue weighted by Gasteiger charge is 2.31. The van der Waals surface area contributed by atoms with Crippen LogP contribution in [0.1, 0.15) is 57.5 Å². The lowest BCUT2D eigenvalue weighted by Crippen LogP contribution is -2.39. The van der Waals surface area contributed by atoms with Gasteiger partial charge in [0.2, 0.25) is 0 Å². The predicted octanol–water partition coefficient (Wildman–Crippen LogP) is 2.25. The van der Waals surface area contributed by atoms with Gasteiger partial charge in [-0.25, -0.2) is 9.97 Å². The summed E-state index contributed by atoms with van der Waals surface area (Å²) in [6, 6.07) is 3.35. The second kappa shape index (κ2) is 7.59. The fraction of sp³-hybridized carbons (Fsp3) is 0.421. The molecule has 7 heteroatoms. The van der Waals surface area contributed by atoms with Gasteiger partial charge >= 0.3 is 0 Å². The maximum Gasteiger partial charge on any atom is 0.256 e. The molecule has 0 saturated carbocycles. The molecular formula is C19H23N5O2. The van der Waals surface area contributed by atoms with E-state index in [4.69, 9.17) is 0 Å². The lowest BCUT2D eigenvalue weighted by Gasteiger charge is -2.35. The fourth-order valence-corrected chi connectivity index (χ4v) is 3.19. The van der Waals surface area contributed by atoms with Gasteiger partial charge in [-0.05, 0) is 38.3 Å². The SMILES string of the molecule is Cc1nc(C2CCCCN2C(=O)c2cccnc2)ncc1C(=O)N(C)C. The Bertz CT molecular complexity index is 807. The summed E-state index contributed by atoms with van der Waals surface area (Å²) in [5, 5.41) is 0. The summed E-state index contributed by atoms with van der Waals surface area (Å²) in [5.74, 6) is 0.410. The Balaban J connectivity index is 1.89. The highest BCUT2D eigenvalue weighted by Crippen LogP contribution is 2.30. The zero-order valence-corrected chi connectivity index (χ0v) is 15.3. The molecule has 2 amide bonds. The summed E-state index contributed by atoms with van der Waals surface area (Å²) in [6.45, 7) is 2.47. The van der Waals surface area contributed by atoms with Crippen molar-refractivity contribution in [1.82, 2.24) is 24.8 Å². The van der Waals surface area contributed by atoms with Crippen molar-refractivity contribution >= 4 is 11.8 Å². The van der Waals surface area contributed by atoms with Crippen LogP contribution in [0.5, 0.6) is 0 Å². The number of hydrogen-bond acceptors (Lipinski definition) is 5. The molecule has 0 N–H and O–H groups in total. The predicted molar refractivity (Wildman–Crippen MR) is 96.7 cm³/mol. The molecule has 1 atom stereocenters. The van der Waals surface area contributed by atoms with Crippen LogP contribution in [0.3, 0.4) is 0 Å². The number of carbonyl (C=O) groups is 2. The Morgan fingerprint density at radius 2 is 2.04 bits per heavy atom. The van der Waals surface area contributed by atoms with Gasteiger partial charge in [0.05, 0.1) is 22.9 Å². The van der Waals surface area contributed by atoms with Gasteiger partial charge in [-0.3, -0.25) is 14.6 Å². The molecule has 1 aliphatic rings. The van der Waals surface area contributed by atoms with Crippen molar-refractivity contribution < 1.29 is 9.59 Å². The van der Waals surface area contributed by atoms with Gasteiger partial charge in [-0.1, -0.05) is 0 Å². The average molecular weight is 353 g/mol. The van der Waals surface area contributed by atoms with Crippen LogP contribution >= 0.6 is 0 Å². The summed E-state index contributed by atoms with van der Waals surface area (Å²) in [7, 11) is 3.40. The molecule has 2 aromatic rings. The molecular weight excluding hydrogens is 330 g/mol. The van der Waals surface area contributed by atoms with Gasteiger partial charge in [-0.2, -0.15) is 0 Å². The largest absolute Gasteiger partial charge is 0.345 e. The highest BCUT2D eigenvalue weighted by atomic mass is 16.2. The summed E-state index contributed by atoms with van der Waals surface area (Å²) in [6.07, 6.45) is 7.59. The summed E-state index contributed by atoms with van der Waals surface area (Å²) < 4.78 is 0. The molecule has 0 aromatic carbocycles. The Kier molecular flexibility index (Phi) is 5.25. The first-order chi connectivity index (χ1) is 12.5. The van der Waals surface area contributed by atoms with Crippen LogP contribution in [0.15, 0.2) is 30.7 Å². The van der Waals surface area contributed by atoms with Crippen LogP contribution in [-0.4, -0.2) is 57.2 Å². The first-order valence-corrected chi connectivity index (χ1v) is 8.75. The molecule has 0 spiro atoms. The fourth-order valence-electron chi connectivity index (χ4n) is 3.19. The molecule has 0 aliphatic carbocycles. The smallest absolute Gasteiger partial charge is 0.256 e. The number of pyridine rings is 1. The highest BCUT2D eigenvalue weighted by molar-refractivity contribution is 5.95. The van der Waals surface area contributed by atoms with E-state index < -0.39 is 0 Å². The summed E-state index contributed by atoms with van der Waals surface area (Å²) in [4.78, 5) is 41.4. The second-order valence-electron chi connectivity index (χ2n) is 6.68. The van der Waals surface area contributed by atoms with Crippen molar-refractivity contribution in [2.24, 2.45) is 0 Å². The standard InChI is InChI=1S/C19H23N5O2/c1-13-15(19(26)23(2)3)12-21-17(22-13)16-8-4-5-10-24(16)18(25)14-7-6-9-20-11-14/h6-7,9,11-12,16H,4-5,8,10H2,1-3H3. The minimum atomic E-state index is -0.182. The van der Waals surface area contributed by atoms with Crippen molar-refractivity contribution in [3.63, 3.8) is 0 Å². The van der Waals surface area contributed by atoms with E-state index in [2.05, 4.69) is 15.0 Å². The zero-order valence-electron chi connectivity index (χ0n) is 15.3. The molecule has 2 aromatic heterocycles. The third kappa shape index (κ3) is 3.56. The normalized spacial score (nSPS) is 17.0. The average Bonchev–Trinajstić information content (AvgIpc) is 2.67. The molecule has 7 nitrogen and oxygen atoms in total. The lowest BCUT2D eigenvalue weighted by atomic mass is 10.00. The van der Waals surface area contributed by atoms with Gasteiger partial charge in [-0.15, -0.1) is 0 Å². The van der Waals surface area contributed by atoms with E-state index in [1.165, 1.54) is 4.90 Å². The number of carbonyl (C=O) groups excluding carboxylic acids is 2. The van der Waals surface area contributed by atoms with Crippen LogP contribution in [0.4, 0.5) is 0 Å². The molecule has 0 bridgehead atoms. The molecule has 0 radical (unpaired) electrons. The van der Waals surface area contributed by atoms with Crippen LogP contribution in [0, 0.1) is 6.92 Å². The maximum absolute atomic E-state index is 12.9. The molecule has 26 heavy (non-hydrogen) atoms. The van der Waals surface area contributed by atoms with Crippen LogP contribution in [0.25, 0.3) is 0 Å². The van der Waals surface area contributed by atoms with Crippen molar-refractivity contribution in [3.8, 4) is 0 Å². The maximum atomic E-state index is 12.9. The van der Waals surface area contributed by atoms with Crippen molar-refractivity contribution in [2.75, 3.05) is 20.6 Å². The number of likely N-dealkylation sites (tertiary alicyclic amines) is 1. The van der Waals surface area contributed by atoms with E-state index >= 15 is 0 Å². The van der Waals surface area contributed by atoms with Gasteiger partial charge in [0.1, 0.15) is 0 Å². The monoisotopic (exact) mass is 353 g/mol. The topological polar surface area (TPSA) is 79.3 Å². The number of nitrogens with zero attached hydrogens (tertiary/aromatic N) is 5. The molecule has 1 saturated heterocycles. The van der Waals surface area contributed by atoms with Crippen molar-refractivity contribution in [3.05, 3.63) is 53.4 Å².